The molecule has 0 radical (unpaired) electrons. The van der Waals surface area contributed by atoms with E-state index < -0.39 is 0 Å². The number of hydrogen-bond donors (Lipinski definition) is 1. The fourth-order valence-corrected chi connectivity index (χ4v) is 1.42. The zero-order valence-electron chi connectivity index (χ0n) is 9.26. The van der Waals surface area contributed by atoms with Gasteiger partial charge in [-0.2, -0.15) is 5.26 Å². The number of thiocarbonyl (C=S) groups is 1. The number of nitrogens with zero attached hydrogens (tertiary/aromatic N) is 4. The maximum absolute atomic E-state index is 8.40. The largest absolute Gasteiger partial charge is 0.352 e. The monoisotopic (exact) mass is 263 g/mol. The fraction of sp³-hybridized carbons (Fsp3) is 0.200. The van der Waals surface area contributed by atoms with Gasteiger partial charge in [0.25, 0.3) is 0 Å². The average molecular weight is 263 g/mol. The highest BCUT2D eigenvalue weighted by Crippen LogP contribution is 2.08. The zero-order valence-corrected chi connectivity index (χ0v) is 10.9. The highest BCUT2D eigenvalue weighted by molar-refractivity contribution is 8.02. The van der Waals surface area contributed by atoms with Gasteiger partial charge in [0.15, 0.2) is 5.40 Å². The van der Waals surface area contributed by atoms with E-state index in [1.165, 1.54) is 0 Å². The number of isothiocyanates is 1. The first kappa shape index (κ1) is 13.3. The lowest BCUT2D eigenvalue weighted by molar-refractivity contribution is 1.23. The predicted octanol–water partition coefficient (Wildman–Crippen LogP) is 2.78. The van der Waals surface area contributed by atoms with Crippen LogP contribution in [0, 0.1) is 10.7 Å². The number of aromatic nitrogens is 1. The molecule has 0 amide bonds. The molecular weight excluding hydrogens is 254 g/mol. The predicted molar refractivity (Wildman–Crippen MR) is 73.4 cm³/mol. The maximum Gasteiger partial charge on any atom is 0.157 e. The summed E-state index contributed by atoms with van der Waals surface area (Å²) in [6, 6.07) is 3.73. The van der Waals surface area contributed by atoms with Crippen molar-refractivity contribution in [3.63, 3.8) is 0 Å². The Balaban J connectivity index is 2.93. The third-order valence-electron chi connectivity index (χ3n) is 1.93. The lowest BCUT2D eigenvalue weighted by Crippen LogP contribution is -1.98. The molecule has 0 unspecified atom stereocenters. The molecule has 1 aromatic heterocycles. The van der Waals surface area contributed by atoms with Crippen molar-refractivity contribution in [2.75, 3.05) is 0 Å². The zero-order chi connectivity index (χ0) is 12.7. The maximum atomic E-state index is 8.40. The Bertz CT molecular complexity index is 543. The summed E-state index contributed by atoms with van der Waals surface area (Å²) in [5, 5.41) is 19.8. The molecule has 1 heterocycles. The van der Waals surface area contributed by atoms with E-state index in [4.69, 9.17) is 5.26 Å². The Morgan fingerprint density at radius 1 is 1.35 bits per heavy atom. The highest BCUT2D eigenvalue weighted by Gasteiger charge is 2.04. The Kier molecular flexibility index (Phi) is 5.30. The summed E-state index contributed by atoms with van der Waals surface area (Å²) in [5.41, 5.74) is 3.11. The van der Waals surface area contributed by atoms with Crippen LogP contribution >= 0.6 is 24.2 Å². The molecule has 0 atom stereocenters. The van der Waals surface area contributed by atoms with Crippen molar-refractivity contribution in [2.45, 2.75) is 13.8 Å². The fourth-order valence-electron chi connectivity index (χ4n) is 1.10. The SMILES string of the molecule is C/C(=N\N=C=S)c1ccc(/C(C)=N/SC#N)[nH]1. The third-order valence-corrected chi connectivity index (χ3v) is 2.46. The van der Waals surface area contributed by atoms with E-state index in [0.717, 1.165) is 29.0 Å². The van der Waals surface area contributed by atoms with E-state index >= 15 is 0 Å². The van der Waals surface area contributed by atoms with Gasteiger partial charge in [0, 0.05) is 0 Å². The molecule has 0 aliphatic rings. The van der Waals surface area contributed by atoms with Crippen molar-refractivity contribution in [1.82, 2.24) is 4.98 Å². The van der Waals surface area contributed by atoms with E-state index in [1.54, 1.807) is 0 Å². The van der Waals surface area contributed by atoms with Crippen molar-refractivity contribution in [3.8, 4) is 5.40 Å². The molecule has 7 heteroatoms. The Labute approximate surface area is 108 Å². The van der Waals surface area contributed by atoms with E-state index in [1.807, 2.05) is 31.4 Å². The number of nitriles is 1. The quantitative estimate of drug-likeness (QED) is 0.298. The standard InChI is InChI=1S/C10H9N5S2/c1-7(14-12-6-16)9-3-4-10(13-9)8(2)15-17-5-11/h3-4,13H,1-2H3/b14-7+,15-8+. The molecule has 0 saturated carbocycles. The molecule has 0 saturated heterocycles. The van der Waals surface area contributed by atoms with E-state index in [0.29, 0.717) is 5.71 Å². The minimum atomic E-state index is 0.703. The minimum Gasteiger partial charge on any atom is -0.352 e. The molecule has 0 aromatic carbocycles. The number of nitrogens with one attached hydrogen (secondary N) is 1. The molecule has 17 heavy (non-hydrogen) atoms. The second-order valence-corrected chi connectivity index (χ2v) is 3.75. The van der Waals surface area contributed by atoms with Gasteiger partial charge in [-0.15, -0.1) is 5.10 Å². The molecule has 0 aliphatic carbocycles. The summed E-state index contributed by atoms with van der Waals surface area (Å²) in [7, 11) is 0. The minimum absolute atomic E-state index is 0.703. The molecule has 1 aromatic rings. The molecule has 0 aliphatic heterocycles. The van der Waals surface area contributed by atoms with Crippen LogP contribution in [-0.4, -0.2) is 21.6 Å². The molecule has 5 nitrogen and oxygen atoms in total. The second kappa shape index (κ2) is 6.76. The highest BCUT2D eigenvalue weighted by atomic mass is 32.2. The van der Waals surface area contributed by atoms with Crippen LogP contribution in [0.25, 0.3) is 0 Å². The average Bonchev–Trinajstić information content (AvgIpc) is 2.82. The van der Waals surface area contributed by atoms with E-state index in [-0.39, 0.29) is 0 Å². The topological polar surface area (TPSA) is 76.7 Å². The van der Waals surface area contributed by atoms with Gasteiger partial charge in [-0.1, -0.05) is 5.10 Å². The van der Waals surface area contributed by atoms with Crippen LogP contribution in [-0.2, 0) is 0 Å². The summed E-state index contributed by atoms with van der Waals surface area (Å²) >= 11 is 5.27. The van der Waals surface area contributed by atoms with Gasteiger partial charge in [0.2, 0.25) is 0 Å². The van der Waals surface area contributed by atoms with Gasteiger partial charge in [0.05, 0.1) is 39.9 Å². The first-order valence-electron chi connectivity index (χ1n) is 4.60. The molecule has 0 bridgehead atoms. The number of rotatable bonds is 4. The molecule has 1 N–H and O–H groups in total. The van der Waals surface area contributed by atoms with Gasteiger partial charge in [-0.25, -0.2) is 4.40 Å². The van der Waals surface area contributed by atoms with Crippen LogP contribution in [0.3, 0.4) is 0 Å². The van der Waals surface area contributed by atoms with Crippen molar-refractivity contribution < 1.29 is 0 Å². The molecule has 1 rings (SSSR count). The van der Waals surface area contributed by atoms with Crippen LogP contribution in [0.1, 0.15) is 25.2 Å². The Morgan fingerprint density at radius 2 is 2.00 bits per heavy atom. The number of thiocyanates is 1. The first-order chi connectivity index (χ1) is 8.19. The number of H-pyrrole nitrogens is 1. The van der Waals surface area contributed by atoms with Gasteiger partial charge >= 0.3 is 0 Å². The number of hydrogen-bond acceptors (Lipinski definition) is 6. The van der Waals surface area contributed by atoms with Crippen LogP contribution in [0.4, 0.5) is 0 Å². The lowest BCUT2D eigenvalue weighted by atomic mass is 10.3. The summed E-state index contributed by atoms with van der Waals surface area (Å²) in [4.78, 5) is 3.12. The van der Waals surface area contributed by atoms with Crippen molar-refractivity contribution in [2.24, 2.45) is 14.6 Å². The van der Waals surface area contributed by atoms with Crippen molar-refractivity contribution >= 4 is 40.8 Å². The molecule has 0 spiro atoms. The molecule has 0 fully saturated rings. The summed E-state index contributed by atoms with van der Waals surface area (Å²) < 4.78 is 4.00. The molecule has 86 valence electrons. The van der Waals surface area contributed by atoms with Crippen molar-refractivity contribution in [3.05, 3.63) is 23.5 Å². The van der Waals surface area contributed by atoms with Gasteiger partial charge in [-0.05, 0) is 38.2 Å². The first-order valence-corrected chi connectivity index (χ1v) is 5.78. The summed E-state index contributed by atoms with van der Waals surface area (Å²) in [6.45, 7) is 3.63. The number of aromatic amines is 1. The van der Waals surface area contributed by atoms with Crippen LogP contribution in [0.15, 0.2) is 26.7 Å². The lowest BCUT2D eigenvalue weighted by Gasteiger charge is -1.95. The van der Waals surface area contributed by atoms with E-state index in [2.05, 4.69) is 37.0 Å². The Hall–Kier alpha value is -1.74. The van der Waals surface area contributed by atoms with Crippen LogP contribution in [0.2, 0.25) is 0 Å². The third kappa shape index (κ3) is 3.96. The van der Waals surface area contributed by atoms with Crippen LogP contribution in [0.5, 0.6) is 0 Å². The van der Waals surface area contributed by atoms with Gasteiger partial charge < -0.3 is 4.98 Å². The second-order valence-electron chi connectivity index (χ2n) is 3.02. The van der Waals surface area contributed by atoms with Gasteiger partial charge in [-0.3, -0.25) is 0 Å². The van der Waals surface area contributed by atoms with Crippen molar-refractivity contribution in [1.29, 1.82) is 5.26 Å². The smallest absolute Gasteiger partial charge is 0.157 e. The Morgan fingerprint density at radius 3 is 2.59 bits per heavy atom. The summed E-state index contributed by atoms with van der Waals surface area (Å²) in [5.74, 6) is 0. The van der Waals surface area contributed by atoms with E-state index in [9.17, 15) is 0 Å². The molecular formula is C10H9N5S2. The van der Waals surface area contributed by atoms with Gasteiger partial charge in [0.1, 0.15) is 0 Å². The normalized spacial score (nSPS) is 11.8. The summed E-state index contributed by atoms with van der Waals surface area (Å²) in [6.07, 6.45) is 0. The van der Waals surface area contributed by atoms with Crippen LogP contribution < -0.4 is 0 Å².